The number of anilines is 1. The second kappa shape index (κ2) is 7.13. The zero-order valence-corrected chi connectivity index (χ0v) is 15.8. The van der Waals surface area contributed by atoms with Gasteiger partial charge in [-0.05, 0) is 35.2 Å². The van der Waals surface area contributed by atoms with E-state index in [9.17, 15) is 0 Å². The standard InChI is InChI=1S/C21H17ClN4O2/c22-18-7-6-17-20(24-18)25-21(28-17)26-9-8-15-10-19(23-11-16(15)12-26)27-13-14-4-2-1-3-5-14/h1-7,10-11H,8-9,12-13H2. The predicted molar refractivity (Wildman–Crippen MR) is 107 cm³/mol. The maximum atomic E-state index is 5.93. The third-order valence-corrected chi connectivity index (χ3v) is 4.99. The van der Waals surface area contributed by atoms with Crippen molar-refractivity contribution in [1.29, 1.82) is 0 Å². The van der Waals surface area contributed by atoms with Gasteiger partial charge in [0.1, 0.15) is 11.8 Å². The lowest BCUT2D eigenvalue weighted by Gasteiger charge is -2.27. The average Bonchev–Trinajstić information content (AvgIpc) is 3.15. The minimum atomic E-state index is 0.406. The lowest BCUT2D eigenvalue weighted by Crippen LogP contribution is -2.30. The Morgan fingerprint density at radius 3 is 2.86 bits per heavy atom. The molecule has 0 saturated carbocycles. The molecule has 5 rings (SSSR count). The van der Waals surface area contributed by atoms with Crippen molar-refractivity contribution in [3.05, 3.63) is 76.6 Å². The quantitative estimate of drug-likeness (QED) is 0.479. The molecule has 6 nitrogen and oxygen atoms in total. The van der Waals surface area contributed by atoms with E-state index in [0.717, 1.165) is 24.1 Å². The monoisotopic (exact) mass is 392 g/mol. The minimum absolute atomic E-state index is 0.406. The molecule has 0 spiro atoms. The summed E-state index contributed by atoms with van der Waals surface area (Å²) in [5, 5.41) is 0.406. The zero-order chi connectivity index (χ0) is 18.9. The fourth-order valence-corrected chi connectivity index (χ4v) is 3.45. The van der Waals surface area contributed by atoms with Gasteiger partial charge in [0.05, 0.1) is 0 Å². The molecule has 0 bridgehead atoms. The zero-order valence-electron chi connectivity index (χ0n) is 15.0. The Balaban J connectivity index is 1.31. The topological polar surface area (TPSA) is 64.3 Å². The van der Waals surface area contributed by atoms with Crippen LogP contribution in [0.5, 0.6) is 5.88 Å². The number of hydrogen-bond donors (Lipinski definition) is 0. The summed E-state index contributed by atoms with van der Waals surface area (Å²) in [5.41, 5.74) is 4.67. The molecule has 140 valence electrons. The number of nitrogens with zero attached hydrogens (tertiary/aromatic N) is 4. The van der Waals surface area contributed by atoms with E-state index in [2.05, 4.69) is 19.9 Å². The van der Waals surface area contributed by atoms with Crippen LogP contribution in [0, 0.1) is 0 Å². The average molecular weight is 393 g/mol. The molecule has 4 heterocycles. The van der Waals surface area contributed by atoms with Gasteiger partial charge in [0.2, 0.25) is 11.5 Å². The fraction of sp³-hybridized carbons (Fsp3) is 0.190. The van der Waals surface area contributed by atoms with Crippen LogP contribution in [-0.4, -0.2) is 21.5 Å². The van der Waals surface area contributed by atoms with Crippen LogP contribution in [0.2, 0.25) is 5.15 Å². The summed E-state index contributed by atoms with van der Waals surface area (Å²) in [5.74, 6) is 0.650. The van der Waals surface area contributed by atoms with Crippen molar-refractivity contribution < 1.29 is 9.15 Å². The first-order valence-corrected chi connectivity index (χ1v) is 9.45. The second-order valence-corrected chi connectivity index (χ2v) is 7.08. The van der Waals surface area contributed by atoms with E-state index in [1.165, 1.54) is 5.56 Å². The van der Waals surface area contributed by atoms with Crippen molar-refractivity contribution in [2.24, 2.45) is 0 Å². The summed E-state index contributed by atoms with van der Waals surface area (Å²) in [6.45, 7) is 1.99. The molecule has 1 aliphatic heterocycles. The molecule has 28 heavy (non-hydrogen) atoms. The van der Waals surface area contributed by atoms with E-state index < -0.39 is 0 Å². The Labute approximate surface area is 166 Å². The highest BCUT2D eigenvalue weighted by molar-refractivity contribution is 6.29. The maximum Gasteiger partial charge on any atom is 0.300 e. The van der Waals surface area contributed by atoms with Gasteiger partial charge in [-0.2, -0.15) is 4.98 Å². The molecule has 0 radical (unpaired) electrons. The van der Waals surface area contributed by atoms with Gasteiger partial charge in [0.15, 0.2) is 5.58 Å². The Hall–Kier alpha value is -3.12. The summed E-state index contributed by atoms with van der Waals surface area (Å²) in [4.78, 5) is 15.2. The third kappa shape index (κ3) is 3.39. The number of oxazole rings is 1. The summed E-state index contributed by atoms with van der Waals surface area (Å²) in [6, 6.07) is 16.2. The highest BCUT2D eigenvalue weighted by atomic mass is 35.5. The van der Waals surface area contributed by atoms with Crippen molar-refractivity contribution in [1.82, 2.24) is 15.0 Å². The molecule has 0 amide bonds. The van der Waals surface area contributed by atoms with E-state index in [1.54, 1.807) is 12.1 Å². The van der Waals surface area contributed by atoms with Crippen LogP contribution in [0.1, 0.15) is 16.7 Å². The largest absolute Gasteiger partial charge is 0.473 e. The van der Waals surface area contributed by atoms with Gasteiger partial charge in [-0.15, -0.1) is 0 Å². The van der Waals surface area contributed by atoms with Gasteiger partial charge in [0, 0.05) is 25.4 Å². The summed E-state index contributed by atoms with van der Waals surface area (Å²) >= 11 is 5.93. The first kappa shape index (κ1) is 17.0. The van der Waals surface area contributed by atoms with Gasteiger partial charge in [-0.1, -0.05) is 41.9 Å². The molecule has 0 N–H and O–H groups in total. The lowest BCUT2D eigenvalue weighted by molar-refractivity contribution is 0.293. The molecule has 0 saturated heterocycles. The van der Waals surface area contributed by atoms with E-state index in [0.29, 0.717) is 41.4 Å². The van der Waals surface area contributed by atoms with Gasteiger partial charge < -0.3 is 14.1 Å². The van der Waals surface area contributed by atoms with Crippen molar-refractivity contribution in [3.8, 4) is 5.88 Å². The Bertz CT molecular complexity index is 1130. The smallest absolute Gasteiger partial charge is 0.300 e. The molecule has 1 aliphatic rings. The normalized spacial score (nSPS) is 13.5. The maximum absolute atomic E-state index is 5.93. The van der Waals surface area contributed by atoms with Crippen LogP contribution in [-0.2, 0) is 19.6 Å². The number of ether oxygens (including phenoxy) is 1. The Kier molecular flexibility index (Phi) is 4.33. The minimum Gasteiger partial charge on any atom is -0.473 e. The van der Waals surface area contributed by atoms with Crippen LogP contribution >= 0.6 is 11.6 Å². The van der Waals surface area contributed by atoms with E-state index in [4.69, 9.17) is 20.8 Å². The molecule has 0 atom stereocenters. The van der Waals surface area contributed by atoms with Gasteiger partial charge in [-0.25, -0.2) is 9.97 Å². The Morgan fingerprint density at radius 2 is 1.96 bits per heavy atom. The number of pyridine rings is 2. The van der Waals surface area contributed by atoms with Crippen LogP contribution in [0.25, 0.3) is 11.2 Å². The van der Waals surface area contributed by atoms with Crippen LogP contribution in [0.4, 0.5) is 6.01 Å². The van der Waals surface area contributed by atoms with Crippen molar-refractivity contribution in [3.63, 3.8) is 0 Å². The number of aromatic nitrogens is 3. The fourth-order valence-electron chi connectivity index (χ4n) is 3.31. The number of fused-ring (bicyclic) bond motifs is 2. The number of halogens is 1. The summed E-state index contributed by atoms with van der Waals surface area (Å²) in [7, 11) is 0. The van der Waals surface area contributed by atoms with Crippen molar-refractivity contribution in [2.45, 2.75) is 19.6 Å². The van der Waals surface area contributed by atoms with Gasteiger partial charge in [-0.3, -0.25) is 0 Å². The van der Waals surface area contributed by atoms with E-state index in [1.807, 2.05) is 42.6 Å². The molecule has 0 aliphatic carbocycles. The Morgan fingerprint density at radius 1 is 1.07 bits per heavy atom. The van der Waals surface area contributed by atoms with Crippen molar-refractivity contribution in [2.75, 3.05) is 11.4 Å². The van der Waals surface area contributed by atoms with Crippen LogP contribution in [0.3, 0.4) is 0 Å². The molecule has 0 fully saturated rings. The molecule has 1 aromatic carbocycles. The highest BCUT2D eigenvalue weighted by Gasteiger charge is 2.22. The van der Waals surface area contributed by atoms with E-state index >= 15 is 0 Å². The van der Waals surface area contributed by atoms with E-state index in [-0.39, 0.29) is 0 Å². The second-order valence-electron chi connectivity index (χ2n) is 6.69. The number of hydrogen-bond acceptors (Lipinski definition) is 6. The van der Waals surface area contributed by atoms with Crippen molar-refractivity contribution >= 4 is 28.8 Å². The van der Waals surface area contributed by atoms with Crippen LogP contribution < -0.4 is 9.64 Å². The van der Waals surface area contributed by atoms with Gasteiger partial charge in [0.25, 0.3) is 6.01 Å². The van der Waals surface area contributed by atoms with Crippen LogP contribution in [0.15, 0.2) is 59.1 Å². The molecule has 3 aromatic heterocycles. The molecule has 7 heteroatoms. The molecular formula is C21H17ClN4O2. The number of rotatable bonds is 4. The molecule has 0 unspecified atom stereocenters. The number of benzene rings is 1. The predicted octanol–water partition coefficient (Wildman–Crippen LogP) is 4.41. The first-order chi connectivity index (χ1) is 13.7. The summed E-state index contributed by atoms with van der Waals surface area (Å²) < 4.78 is 11.7. The lowest BCUT2D eigenvalue weighted by atomic mass is 10.0. The van der Waals surface area contributed by atoms with Gasteiger partial charge >= 0.3 is 0 Å². The first-order valence-electron chi connectivity index (χ1n) is 9.07. The highest BCUT2D eigenvalue weighted by Crippen LogP contribution is 2.28. The third-order valence-electron chi connectivity index (χ3n) is 4.78. The molecule has 4 aromatic rings. The summed E-state index contributed by atoms with van der Waals surface area (Å²) in [6.07, 6.45) is 2.74. The molecular weight excluding hydrogens is 376 g/mol. The SMILES string of the molecule is Clc1ccc2oc(N3CCc4cc(OCc5ccccc5)ncc4C3)nc2n1.